The van der Waals surface area contributed by atoms with Crippen molar-refractivity contribution in [3.63, 3.8) is 0 Å². The first kappa shape index (κ1) is 17.8. The molecular formula is C23H17N5O2. The number of benzene rings is 2. The van der Waals surface area contributed by atoms with Gasteiger partial charge in [0.2, 0.25) is 5.56 Å². The third kappa shape index (κ3) is 3.33. The highest BCUT2D eigenvalue weighted by Gasteiger charge is 2.11. The van der Waals surface area contributed by atoms with Crippen molar-refractivity contribution in [2.45, 2.75) is 0 Å². The van der Waals surface area contributed by atoms with E-state index in [-0.39, 0.29) is 5.56 Å². The van der Waals surface area contributed by atoms with E-state index in [9.17, 15) is 4.79 Å². The van der Waals surface area contributed by atoms with E-state index in [0.717, 1.165) is 38.8 Å². The van der Waals surface area contributed by atoms with Crippen LogP contribution in [0.15, 0.2) is 77.9 Å². The smallest absolute Gasteiger partial charge is 0.248 e. The van der Waals surface area contributed by atoms with Crippen LogP contribution in [0.4, 0.5) is 11.5 Å². The predicted octanol–water partition coefficient (Wildman–Crippen LogP) is 4.29. The number of nitrogens with one attached hydrogen (secondary N) is 2. The summed E-state index contributed by atoms with van der Waals surface area (Å²) in [6.07, 6.45) is 3.45. The lowest BCUT2D eigenvalue weighted by molar-refractivity contribution is 0.415. The number of rotatable bonds is 4. The molecule has 7 heteroatoms. The summed E-state index contributed by atoms with van der Waals surface area (Å²) in [7, 11) is 1.63. The molecule has 0 saturated carbocycles. The lowest BCUT2D eigenvalue weighted by Crippen LogP contribution is -2.03. The number of aromatic amines is 1. The van der Waals surface area contributed by atoms with E-state index in [4.69, 9.17) is 14.7 Å². The first-order chi connectivity index (χ1) is 14.7. The maximum absolute atomic E-state index is 11.5. The maximum atomic E-state index is 11.5. The maximum Gasteiger partial charge on any atom is 0.248 e. The Morgan fingerprint density at radius 2 is 1.93 bits per heavy atom. The van der Waals surface area contributed by atoms with Gasteiger partial charge in [-0.25, -0.2) is 9.97 Å². The Morgan fingerprint density at radius 1 is 1.00 bits per heavy atom. The van der Waals surface area contributed by atoms with Crippen molar-refractivity contribution in [3.8, 4) is 17.1 Å². The number of H-pyrrole nitrogens is 1. The lowest BCUT2D eigenvalue weighted by atomic mass is 10.1. The summed E-state index contributed by atoms with van der Waals surface area (Å²) in [5.74, 6) is 1.95. The Balaban J connectivity index is 1.66. The van der Waals surface area contributed by atoms with Crippen molar-refractivity contribution in [2.75, 3.05) is 12.4 Å². The number of pyridine rings is 2. The van der Waals surface area contributed by atoms with Gasteiger partial charge in [0.1, 0.15) is 11.6 Å². The molecule has 2 aromatic carbocycles. The van der Waals surface area contributed by atoms with Gasteiger partial charge in [0.05, 0.1) is 12.6 Å². The number of hydrogen-bond acceptors (Lipinski definition) is 6. The number of methoxy groups -OCH3 is 1. The van der Waals surface area contributed by atoms with Gasteiger partial charge in [0.25, 0.3) is 0 Å². The molecule has 3 heterocycles. The minimum atomic E-state index is -0.127. The second-order valence-electron chi connectivity index (χ2n) is 6.77. The number of hydrogen-bond donors (Lipinski definition) is 2. The summed E-state index contributed by atoms with van der Waals surface area (Å²) >= 11 is 0. The number of ether oxygens (including phenoxy) is 1. The highest BCUT2D eigenvalue weighted by molar-refractivity contribution is 5.94. The molecule has 3 aromatic heterocycles. The van der Waals surface area contributed by atoms with Crippen LogP contribution in [-0.4, -0.2) is 27.0 Å². The molecule has 5 rings (SSSR count). The van der Waals surface area contributed by atoms with Gasteiger partial charge in [-0.05, 0) is 54.6 Å². The monoisotopic (exact) mass is 395 g/mol. The largest absolute Gasteiger partial charge is 0.497 e. The predicted molar refractivity (Wildman–Crippen MR) is 117 cm³/mol. The average molecular weight is 395 g/mol. The summed E-state index contributed by atoms with van der Waals surface area (Å²) in [6.45, 7) is 0. The second kappa shape index (κ2) is 7.29. The van der Waals surface area contributed by atoms with Crippen molar-refractivity contribution in [2.24, 2.45) is 0 Å². The molecule has 30 heavy (non-hydrogen) atoms. The van der Waals surface area contributed by atoms with Gasteiger partial charge >= 0.3 is 0 Å². The van der Waals surface area contributed by atoms with Crippen LogP contribution in [0, 0.1) is 0 Å². The van der Waals surface area contributed by atoms with Crippen molar-refractivity contribution in [1.82, 2.24) is 19.9 Å². The molecule has 0 amide bonds. The summed E-state index contributed by atoms with van der Waals surface area (Å²) in [4.78, 5) is 28.0. The summed E-state index contributed by atoms with van der Waals surface area (Å²) < 4.78 is 5.38. The second-order valence-corrected chi connectivity index (χ2v) is 6.77. The highest BCUT2D eigenvalue weighted by Crippen LogP contribution is 2.30. The molecule has 0 saturated heterocycles. The Morgan fingerprint density at radius 3 is 2.77 bits per heavy atom. The molecule has 5 aromatic rings. The third-order valence-corrected chi connectivity index (χ3v) is 4.81. The summed E-state index contributed by atoms with van der Waals surface area (Å²) in [6, 6.07) is 18.5. The minimum absolute atomic E-state index is 0.127. The Bertz CT molecular complexity index is 1430. The van der Waals surface area contributed by atoms with Gasteiger partial charge in [-0.3, -0.25) is 9.78 Å². The van der Waals surface area contributed by atoms with E-state index in [1.165, 1.54) is 6.07 Å². The van der Waals surface area contributed by atoms with Crippen molar-refractivity contribution in [3.05, 3.63) is 83.4 Å². The highest BCUT2D eigenvalue weighted by atomic mass is 16.5. The Labute approximate surface area is 171 Å². The number of aromatic nitrogens is 4. The molecule has 0 radical (unpaired) electrons. The Hall–Kier alpha value is -4.26. The van der Waals surface area contributed by atoms with Gasteiger partial charge in [-0.15, -0.1) is 0 Å². The molecule has 0 fully saturated rings. The third-order valence-electron chi connectivity index (χ3n) is 4.81. The average Bonchev–Trinajstić information content (AvgIpc) is 2.79. The van der Waals surface area contributed by atoms with Gasteiger partial charge in [0, 0.05) is 46.0 Å². The van der Waals surface area contributed by atoms with Gasteiger partial charge in [0.15, 0.2) is 5.82 Å². The molecule has 146 valence electrons. The molecule has 0 aliphatic rings. The standard InChI is InChI=1S/C23H17N5O2/c1-30-17-6-8-20-18(12-17)23(28-22(27-20)15-3-2-10-24-13-15)25-16-5-7-19-14(11-16)4-9-21(29)26-19/h2-13H,1H3,(H,26,29)(H,25,27,28). The fourth-order valence-corrected chi connectivity index (χ4v) is 3.32. The van der Waals surface area contributed by atoms with Crippen LogP contribution in [0.1, 0.15) is 0 Å². The van der Waals surface area contributed by atoms with Gasteiger partial charge in [-0.1, -0.05) is 0 Å². The number of fused-ring (bicyclic) bond motifs is 2. The molecule has 0 bridgehead atoms. The van der Waals surface area contributed by atoms with E-state index < -0.39 is 0 Å². The van der Waals surface area contributed by atoms with Crippen LogP contribution >= 0.6 is 0 Å². The molecule has 0 aliphatic carbocycles. The first-order valence-corrected chi connectivity index (χ1v) is 9.36. The van der Waals surface area contributed by atoms with Gasteiger partial charge < -0.3 is 15.0 Å². The molecule has 7 nitrogen and oxygen atoms in total. The van der Waals surface area contributed by atoms with Gasteiger partial charge in [-0.2, -0.15) is 0 Å². The quantitative estimate of drug-likeness (QED) is 0.472. The zero-order valence-corrected chi connectivity index (χ0v) is 16.1. The van der Waals surface area contributed by atoms with Crippen LogP contribution in [-0.2, 0) is 0 Å². The van der Waals surface area contributed by atoms with E-state index in [2.05, 4.69) is 15.3 Å². The fraction of sp³-hybridized carbons (Fsp3) is 0.0435. The van der Waals surface area contributed by atoms with Crippen molar-refractivity contribution >= 4 is 33.3 Å². The van der Waals surface area contributed by atoms with Crippen molar-refractivity contribution < 1.29 is 4.74 Å². The lowest BCUT2D eigenvalue weighted by Gasteiger charge is -2.12. The molecule has 2 N–H and O–H groups in total. The summed E-state index contributed by atoms with van der Waals surface area (Å²) in [5.41, 5.74) is 3.11. The fourth-order valence-electron chi connectivity index (χ4n) is 3.32. The van der Waals surface area contributed by atoms with E-state index in [1.54, 1.807) is 25.6 Å². The van der Waals surface area contributed by atoms with Crippen LogP contribution in [0.5, 0.6) is 5.75 Å². The zero-order valence-electron chi connectivity index (χ0n) is 16.1. The summed E-state index contributed by atoms with van der Waals surface area (Å²) in [5, 5.41) is 5.15. The molecule has 0 atom stereocenters. The minimum Gasteiger partial charge on any atom is -0.497 e. The molecule has 0 aliphatic heterocycles. The van der Waals surface area contributed by atoms with E-state index in [1.807, 2.05) is 48.5 Å². The van der Waals surface area contributed by atoms with Crippen LogP contribution in [0.2, 0.25) is 0 Å². The van der Waals surface area contributed by atoms with E-state index in [0.29, 0.717) is 11.6 Å². The molecule has 0 spiro atoms. The molecule has 0 unspecified atom stereocenters. The first-order valence-electron chi connectivity index (χ1n) is 9.36. The number of nitrogens with zero attached hydrogens (tertiary/aromatic N) is 3. The Kier molecular flexibility index (Phi) is 4.33. The topological polar surface area (TPSA) is 92.8 Å². The van der Waals surface area contributed by atoms with Crippen LogP contribution < -0.4 is 15.6 Å². The molecular weight excluding hydrogens is 378 g/mol. The SMILES string of the molecule is COc1ccc2nc(-c3cccnc3)nc(Nc3ccc4[nH]c(=O)ccc4c3)c2c1. The normalized spacial score (nSPS) is 11.0. The number of anilines is 2. The van der Waals surface area contributed by atoms with Crippen LogP contribution in [0.25, 0.3) is 33.2 Å². The van der Waals surface area contributed by atoms with Crippen LogP contribution in [0.3, 0.4) is 0 Å². The van der Waals surface area contributed by atoms with E-state index >= 15 is 0 Å². The zero-order chi connectivity index (χ0) is 20.5. The van der Waals surface area contributed by atoms with Crippen molar-refractivity contribution in [1.29, 1.82) is 0 Å².